The number of nitrogens with zero attached hydrogens (tertiary/aromatic N) is 3. The molecule has 0 aliphatic carbocycles. The number of carbonyl (C=O) groups excluding carboxylic acids is 1. The van der Waals surface area contributed by atoms with Crippen molar-refractivity contribution in [3.8, 4) is 22.4 Å². The molecule has 0 fully saturated rings. The van der Waals surface area contributed by atoms with Crippen LogP contribution in [-0.4, -0.2) is 20.7 Å². The van der Waals surface area contributed by atoms with E-state index in [1.165, 1.54) is 12.1 Å². The highest BCUT2D eigenvalue weighted by atomic mass is 19.1. The first kappa shape index (κ1) is 19.5. The van der Waals surface area contributed by atoms with Gasteiger partial charge in [0.25, 0.3) is 5.91 Å². The molecule has 2 aromatic heterocycles. The molecule has 5 nitrogen and oxygen atoms in total. The molecule has 1 amide bonds. The quantitative estimate of drug-likeness (QED) is 0.536. The molecule has 0 aliphatic rings. The average Bonchev–Trinajstić information content (AvgIpc) is 3.11. The van der Waals surface area contributed by atoms with Crippen molar-refractivity contribution in [3.05, 3.63) is 95.7 Å². The number of halogens is 1. The third-order valence-electron chi connectivity index (χ3n) is 5.05. The van der Waals surface area contributed by atoms with Crippen molar-refractivity contribution < 1.29 is 9.18 Å². The standard InChI is InChI=1S/C24H21FN4O/c1-16-5-3-4-6-19(16)15-27-24(30)23-21(17-11-13-26-14-12-17)22(28-29(23)2)18-7-9-20(25)10-8-18/h3-14H,15H2,1-2H3,(H,27,30). The first-order chi connectivity index (χ1) is 14.5. The normalized spacial score (nSPS) is 10.8. The number of hydrogen-bond donors (Lipinski definition) is 1. The van der Waals surface area contributed by atoms with Crippen LogP contribution in [0.25, 0.3) is 22.4 Å². The minimum absolute atomic E-state index is 0.228. The summed E-state index contributed by atoms with van der Waals surface area (Å²) < 4.78 is 15.0. The van der Waals surface area contributed by atoms with Gasteiger partial charge in [-0.15, -0.1) is 0 Å². The van der Waals surface area contributed by atoms with Crippen LogP contribution in [0.2, 0.25) is 0 Å². The summed E-state index contributed by atoms with van der Waals surface area (Å²) in [6, 6.07) is 17.7. The van der Waals surface area contributed by atoms with E-state index in [4.69, 9.17) is 0 Å². The molecule has 1 N–H and O–H groups in total. The molecule has 30 heavy (non-hydrogen) atoms. The average molecular weight is 400 g/mol. The molecule has 0 aliphatic heterocycles. The number of benzene rings is 2. The molecule has 2 heterocycles. The van der Waals surface area contributed by atoms with Gasteiger partial charge in [0.05, 0.1) is 0 Å². The zero-order valence-electron chi connectivity index (χ0n) is 16.8. The molecule has 0 spiro atoms. The highest BCUT2D eigenvalue weighted by Gasteiger charge is 2.24. The molecule has 4 aromatic rings. The zero-order chi connectivity index (χ0) is 21.1. The van der Waals surface area contributed by atoms with Gasteiger partial charge in [0.2, 0.25) is 0 Å². The SMILES string of the molecule is Cc1ccccc1CNC(=O)c1c(-c2ccncc2)c(-c2ccc(F)cc2)nn1C. The monoisotopic (exact) mass is 400 g/mol. The smallest absolute Gasteiger partial charge is 0.270 e. The lowest BCUT2D eigenvalue weighted by molar-refractivity contribution is 0.0942. The van der Waals surface area contributed by atoms with Crippen molar-refractivity contribution in [2.75, 3.05) is 0 Å². The molecule has 0 atom stereocenters. The summed E-state index contributed by atoms with van der Waals surface area (Å²) in [5, 5.41) is 7.60. The largest absolute Gasteiger partial charge is 0.347 e. The van der Waals surface area contributed by atoms with Crippen LogP contribution in [0.15, 0.2) is 73.1 Å². The van der Waals surface area contributed by atoms with Gasteiger partial charge in [0, 0.05) is 37.1 Å². The number of hydrogen-bond acceptors (Lipinski definition) is 3. The Kier molecular flexibility index (Phi) is 5.39. The van der Waals surface area contributed by atoms with Crippen molar-refractivity contribution in [1.29, 1.82) is 0 Å². The molecule has 2 aromatic carbocycles. The molecule has 0 radical (unpaired) electrons. The van der Waals surface area contributed by atoms with Gasteiger partial charge in [-0.3, -0.25) is 14.5 Å². The fourth-order valence-corrected chi connectivity index (χ4v) is 3.45. The van der Waals surface area contributed by atoms with Crippen LogP contribution in [0.4, 0.5) is 4.39 Å². The summed E-state index contributed by atoms with van der Waals surface area (Å²) in [6.45, 7) is 2.43. The van der Waals surface area contributed by atoms with Crippen molar-refractivity contribution >= 4 is 5.91 Å². The lowest BCUT2D eigenvalue weighted by Gasteiger charge is -2.10. The van der Waals surface area contributed by atoms with Gasteiger partial charge < -0.3 is 5.32 Å². The lowest BCUT2D eigenvalue weighted by atomic mass is 9.99. The van der Waals surface area contributed by atoms with Gasteiger partial charge in [0.15, 0.2) is 0 Å². The molecular formula is C24H21FN4O. The van der Waals surface area contributed by atoms with E-state index in [1.54, 1.807) is 36.3 Å². The second-order valence-corrected chi connectivity index (χ2v) is 7.05. The molecule has 0 saturated carbocycles. The van der Waals surface area contributed by atoms with Gasteiger partial charge >= 0.3 is 0 Å². The molecule has 0 unspecified atom stereocenters. The van der Waals surface area contributed by atoms with Crippen molar-refractivity contribution in [3.63, 3.8) is 0 Å². The fraction of sp³-hybridized carbons (Fsp3) is 0.125. The minimum atomic E-state index is -0.323. The van der Waals surface area contributed by atoms with E-state index in [1.807, 2.05) is 43.3 Å². The molecule has 4 rings (SSSR count). The Morgan fingerprint density at radius 2 is 1.70 bits per heavy atom. The van der Waals surface area contributed by atoms with Gasteiger partial charge in [0.1, 0.15) is 17.2 Å². The Bertz CT molecular complexity index is 1180. The third-order valence-corrected chi connectivity index (χ3v) is 5.05. The van der Waals surface area contributed by atoms with E-state index in [0.717, 1.165) is 22.3 Å². The second kappa shape index (κ2) is 8.29. The predicted octanol–water partition coefficient (Wildman–Crippen LogP) is 4.53. The van der Waals surface area contributed by atoms with Crippen LogP contribution in [0.3, 0.4) is 0 Å². The minimum Gasteiger partial charge on any atom is -0.347 e. The Labute approximate surface area is 174 Å². The molecule has 0 saturated heterocycles. The van der Waals surface area contributed by atoms with Crippen molar-refractivity contribution in [2.45, 2.75) is 13.5 Å². The van der Waals surface area contributed by atoms with E-state index < -0.39 is 0 Å². The maximum Gasteiger partial charge on any atom is 0.270 e. The van der Waals surface area contributed by atoms with Crippen LogP contribution in [0.5, 0.6) is 0 Å². The van der Waals surface area contributed by atoms with Gasteiger partial charge in [-0.2, -0.15) is 5.10 Å². The molecule has 6 heteroatoms. The number of amides is 1. The lowest BCUT2D eigenvalue weighted by Crippen LogP contribution is -2.26. The van der Waals surface area contributed by atoms with E-state index in [2.05, 4.69) is 15.4 Å². The van der Waals surface area contributed by atoms with Crippen LogP contribution in [0.1, 0.15) is 21.6 Å². The summed E-state index contributed by atoms with van der Waals surface area (Å²) in [5.41, 5.74) is 5.46. The van der Waals surface area contributed by atoms with E-state index in [-0.39, 0.29) is 11.7 Å². The highest BCUT2D eigenvalue weighted by Crippen LogP contribution is 2.34. The van der Waals surface area contributed by atoms with E-state index >= 15 is 0 Å². The fourth-order valence-electron chi connectivity index (χ4n) is 3.45. The summed E-state index contributed by atoms with van der Waals surface area (Å²) in [5.74, 6) is -0.551. The number of aryl methyl sites for hydroxylation is 2. The maximum atomic E-state index is 13.4. The van der Waals surface area contributed by atoms with Gasteiger partial charge in [-0.1, -0.05) is 24.3 Å². The highest BCUT2D eigenvalue weighted by molar-refractivity contribution is 6.03. The zero-order valence-corrected chi connectivity index (χ0v) is 16.8. The van der Waals surface area contributed by atoms with Gasteiger partial charge in [-0.05, 0) is 60.0 Å². The molecule has 150 valence electrons. The van der Waals surface area contributed by atoms with Crippen molar-refractivity contribution in [2.24, 2.45) is 7.05 Å². The third kappa shape index (κ3) is 3.85. The van der Waals surface area contributed by atoms with Gasteiger partial charge in [-0.25, -0.2) is 4.39 Å². The summed E-state index contributed by atoms with van der Waals surface area (Å²) in [7, 11) is 1.74. The number of carbonyl (C=O) groups is 1. The van der Waals surface area contributed by atoms with Crippen LogP contribution in [-0.2, 0) is 13.6 Å². The van der Waals surface area contributed by atoms with Crippen LogP contribution < -0.4 is 5.32 Å². The summed E-state index contributed by atoms with van der Waals surface area (Å²) >= 11 is 0. The first-order valence-electron chi connectivity index (χ1n) is 9.60. The second-order valence-electron chi connectivity index (χ2n) is 7.05. The van der Waals surface area contributed by atoms with E-state index in [0.29, 0.717) is 23.5 Å². The molecule has 0 bridgehead atoms. The number of aromatic nitrogens is 3. The van der Waals surface area contributed by atoms with Crippen LogP contribution in [0, 0.1) is 12.7 Å². The Morgan fingerprint density at radius 3 is 2.40 bits per heavy atom. The Balaban J connectivity index is 1.76. The van der Waals surface area contributed by atoms with Crippen molar-refractivity contribution in [1.82, 2.24) is 20.1 Å². The number of rotatable bonds is 5. The maximum absolute atomic E-state index is 13.4. The first-order valence-corrected chi connectivity index (χ1v) is 9.60. The summed E-state index contributed by atoms with van der Waals surface area (Å²) in [6.07, 6.45) is 3.34. The Morgan fingerprint density at radius 1 is 1.00 bits per heavy atom. The van der Waals surface area contributed by atoms with Crippen LogP contribution >= 0.6 is 0 Å². The summed E-state index contributed by atoms with van der Waals surface area (Å²) in [4.78, 5) is 17.3. The number of pyridine rings is 1. The van der Waals surface area contributed by atoms with E-state index in [9.17, 15) is 9.18 Å². The predicted molar refractivity (Wildman–Crippen MR) is 114 cm³/mol. The Hall–Kier alpha value is -3.80. The molecular weight excluding hydrogens is 379 g/mol. The topological polar surface area (TPSA) is 59.8 Å². The number of nitrogens with one attached hydrogen (secondary N) is 1.